The highest BCUT2D eigenvalue weighted by Crippen LogP contribution is 2.56. The van der Waals surface area contributed by atoms with Crippen molar-refractivity contribution in [2.75, 3.05) is 0 Å². The van der Waals surface area contributed by atoms with Gasteiger partial charge in [-0.2, -0.15) is 57.1 Å². The van der Waals surface area contributed by atoms with E-state index in [0.29, 0.717) is 0 Å². The van der Waals surface area contributed by atoms with Crippen LogP contribution in [0.4, 0.5) is 57.1 Å². The minimum absolute atomic E-state index is 0.179. The van der Waals surface area contributed by atoms with Gasteiger partial charge in [0.25, 0.3) is 0 Å². The van der Waals surface area contributed by atoms with Crippen LogP contribution in [-0.4, -0.2) is 24.2 Å². The Morgan fingerprint density at radius 1 is 0.520 bits per heavy atom. The van der Waals surface area contributed by atoms with E-state index in [4.69, 9.17) is 0 Å². The molecule has 0 aromatic heterocycles. The molecule has 0 spiro atoms. The van der Waals surface area contributed by atoms with Crippen molar-refractivity contribution in [3.05, 3.63) is 35.4 Å². The van der Waals surface area contributed by atoms with Crippen LogP contribution >= 0.6 is 0 Å². The summed E-state index contributed by atoms with van der Waals surface area (Å²) in [6.45, 7) is 0. The highest BCUT2D eigenvalue weighted by molar-refractivity contribution is 5.31. The van der Waals surface area contributed by atoms with E-state index in [-0.39, 0.29) is 24.3 Å². The molecule has 0 fully saturated rings. The standard InChI is InChI=1S/C12H5F13/c13-8(14,11(20,21)22)7(9(15,16)12(23,24)25)5-1-3-6(4-2-5)10(17,18)19/h1-4,7H. The van der Waals surface area contributed by atoms with Gasteiger partial charge in [-0.1, -0.05) is 12.1 Å². The molecule has 0 bridgehead atoms. The van der Waals surface area contributed by atoms with Crippen molar-refractivity contribution >= 4 is 0 Å². The Labute approximate surface area is 130 Å². The SMILES string of the molecule is FC(F)(F)c1ccc(C(C(F)(F)C(F)(F)F)C(F)(F)C(F)(F)F)cc1. The number of alkyl halides is 13. The quantitative estimate of drug-likeness (QED) is 0.535. The molecule has 0 aliphatic heterocycles. The smallest absolute Gasteiger partial charge is 0.195 e. The van der Waals surface area contributed by atoms with Crippen LogP contribution in [0.5, 0.6) is 0 Å². The molecule has 0 atom stereocenters. The van der Waals surface area contributed by atoms with Crippen LogP contribution in [0.2, 0.25) is 0 Å². The zero-order valence-electron chi connectivity index (χ0n) is 11.3. The largest absolute Gasteiger partial charge is 0.454 e. The first-order valence-electron chi connectivity index (χ1n) is 5.89. The Morgan fingerprint density at radius 2 is 0.840 bits per heavy atom. The Balaban J connectivity index is 3.59. The monoisotopic (exact) mass is 396 g/mol. The molecule has 25 heavy (non-hydrogen) atoms. The maximum Gasteiger partial charge on any atom is 0.454 e. The van der Waals surface area contributed by atoms with Gasteiger partial charge in [0.2, 0.25) is 0 Å². The summed E-state index contributed by atoms with van der Waals surface area (Å²) in [5.74, 6) is -18.0. The molecule has 0 aliphatic carbocycles. The molecule has 0 amide bonds. The van der Waals surface area contributed by atoms with Gasteiger partial charge in [-0.15, -0.1) is 0 Å². The van der Waals surface area contributed by atoms with Gasteiger partial charge in [-0.25, -0.2) is 0 Å². The second-order valence-electron chi connectivity index (χ2n) is 4.79. The van der Waals surface area contributed by atoms with Crippen molar-refractivity contribution in [1.82, 2.24) is 0 Å². The predicted molar refractivity (Wildman–Crippen MR) is 56.2 cm³/mol. The van der Waals surface area contributed by atoms with Gasteiger partial charge >= 0.3 is 30.4 Å². The molecule has 1 aromatic rings. The molecule has 1 rings (SSSR count). The highest BCUT2D eigenvalue weighted by atomic mass is 19.4. The average Bonchev–Trinajstić information content (AvgIpc) is 2.34. The fraction of sp³-hybridized carbons (Fsp3) is 0.500. The van der Waals surface area contributed by atoms with Gasteiger partial charge in [0.15, 0.2) is 0 Å². The molecule has 144 valence electrons. The van der Waals surface area contributed by atoms with Crippen LogP contribution < -0.4 is 0 Å². The van der Waals surface area contributed by atoms with E-state index < -0.39 is 47.4 Å². The molecule has 0 heterocycles. The molecule has 0 nitrogen and oxygen atoms in total. The van der Waals surface area contributed by atoms with Crippen LogP contribution in [-0.2, 0) is 6.18 Å². The van der Waals surface area contributed by atoms with Crippen molar-refractivity contribution in [1.29, 1.82) is 0 Å². The highest BCUT2D eigenvalue weighted by Gasteiger charge is 2.76. The van der Waals surface area contributed by atoms with Gasteiger partial charge in [-0.05, 0) is 17.7 Å². The first kappa shape index (κ1) is 21.4. The molecule has 0 aliphatic rings. The van der Waals surface area contributed by atoms with Crippen molar-refractivity contribution < 1.29 is 57.1 Å². The minimum atomic E-state index is -6.81. The number of rotatable bonds is 3. The van der Waals surface area contributed by atoms with Gasteiger partial charge in [0.05, 0.1) is 5.56 Å². The number of halogens is 13. The molecular formula is C12H5F13. The Hall–Kier alpha value is -1.69. The van der Waals surface area contributed by atoms with Gasteiger partial charge < -0.3 is 0 Å². The van der Waals surface area contributed by atoms with Crippen LogP contribution in [0.15, 0.2) is 24.3 Å². The van der Waals surface area contributed by atoms with Crippen LogP contribution in [0.25, 0.3) is 0 Å². The number of hydrogen-bond donors (Lipinski definition) is 0. The van der Waals surface area contributed by atoms with Crippen molar-refractivity contribution in [3.63, 3.8) is 0 Å². The Morgan fingerprint density at radius 3 is 1.08 bits per heavy atom. The van der Waals surface area contributed by atoms with E-state index in [1.165, 1.54) is 0 Å². The van der Waals surface area contributed by atoms with E-state index in [1.54, 1.807) is 0 Å². The predicted octanol–water partition coefficient (Wildman–Crippen LogP) is 6.18. The third-order valence-corrected chi connectivity index (χ3v) is 3.05. The molecule has 0 unspecified atom stereocenters. The third kappa shape index (κ3) is 3.94. The van der Waals surface area contributed by atoms with Crippen LogP contribution in [0.3, 0.4) is 0 Å². The fourth-order valence-electron chi connectivity index (χ4n) is 1.84. The van der Waals surface area contributed by atoms with Crippen molar-refractivity contribution in [2.45, 2.75) is 36.3 Å². The average molecular weight is 396 g/mol. The van der Waals surface area contributed by atoms with Crippen LogP contribution in [0.1, 0.15) is 17.0 Å². The van der Waals surface area contributed by atoms with Crippen molar-refractivity contribution in [2.24, 2.45) is 0 Å². The van der Waals surface area contributed by atoms with Gasteiger partial charge in [-0.3, -0.25) is 0 Å². The second kappa shape index (κ2) is 5.94. The summed E-state index contributed by atoms with van der Waals surface area (Å²) >= 11 is 0. The van der Waals surface area contributed by atoms with Crippen LogP contribution in [0, 0.1) is 0 Å². The topological polar surface area (TPSA) is 0 Å². The van der Waals surface area contributed by atoms with E-state index in [9.17, 15) is 57.1 Å². The lowest BCUT2D eigenvalue weighted by Gasteiger charge is -2.35. The first-order chi connectivity index (χ1) is 10.8. The normalized spacial score (nSPS) is 15.0. The fourth-order valence-corrected chi connectivity index (χ4v) is 1.84. The van der Waals surface area contributed by atoms with E-state index in [1.807, 2.05) is 0 Å². The third-order valence-electron chi connectivity index (χ3n) is 3.05. The maximum atomic E-state index is 13.3. The molecule has 13 heteroatoms. The van der Waals surface area contributed by atoms with Gasteiger partial charge in [0.1, 0.15) is 5.92 Å². The molecule has 0 saturated carbocycles. The summed E-state index contributed by atoms with van der Waals surface area (Å²) in [5.41, 5.74) is -3.60. The molecular weight excluding hydrogens is 391 g/mol. The molecule has 0 N–H and O–H groups in total. The number of benzene rings is 1. The van der Waals surface area contributed by atoms with Gasteiger partial charge in [0, 0.05) is 0 Å². The summed E-state index contributed by atoms with van der Waals surface area (Å²) in [5, 5.41) is 0. The molecule has 1 aromatic carbocycles. The van der Waals surface area contributed by atoms with E-state index >= 15 is 0 Å². The van der Waals surface area contributed by atoms with E-state index in [2.05, 4.69) is 0 Å². The Kier molecular flexibility index (Phi) is 5.07. The lowest BCUT2D eigenvalue weighted by Crippen LogP contribution is -2.54. The maximum absolute atomic E-state index is 13.3. The second-order valence-corrected chi connectivity index (χ2v) is 4.79. The summed E-state index contributed by atoms with van der Waals surface area (Å²) < 4.78 is 164. The minimum Gasteiger partial charge on any atom is -0.195 e. The number of hydrogen-bond acceptors (Lipinski definition) is 0. The summed E-state index contributed by atoms with van der Waals surface area (Å²) in [7, 11) is 0. The molecule has 0 radical (unpaired) electrons. The molecule has 0 saturated heterocycles. The lowest BCUT2D eigenvalue weighted by atomic mass is 9.85. The van der Waals surface area contributed by atoms with Crippen molar-refractivity contribution in [3.8, 4) is 0 Å². The summed E-state index contributed by atoms with van der Waals surface area (Å²) in [4.78, 5) is 0. The van der Waals surface area contributed by atoms with E-state index in [0.717, 1.165) is 0 Å². The zero-order chi connectivity index (χ0) is 20.1. The summed E-state index contributed by atoms with van der Waals surface area (Å²) in [6, 6.07) is -0.929. The zero-order valence-corrected chi connectivity index (χ0v) is 11.3. The lowest BCUT2D eigenvalue weighted by molar-refractivity contribution is -0.354. The Bertz CT molecular complexity index is 561. The first-order valence-corrected chi connectivity index (χ1v) is 5.89. The summed E-state index contributed by atoms with van der Waals surface area (Å²) in [6.07, 6.45) is -18.7.